The highest BCUT2D eigenvalue weighted by molar-refractivity contribution is 4.85. The van der Waals surface area contributed by atoms with Gasteiger partial charge in [0.2, 0.25) is 0 Å². The molecular weight excluding hydrogens is 150 g/mol. The first kappa shape index (κ1) is 8.52. The first-order valence-corrected chi connectivity index (χ1v) is 5.18. The van der Waals surface area contributed by atoms with Crippen molar-refractivity contribution in [3.05, 3.63) is 0 Å². The lowest BCUT2D eigenvalue weighted by molar-refractivity contribution is 0.0780. The predicted octanol–water partition coefficient (Wildman–Crippen LogP) is 1.51. The van der Waals surface area contributed by atoms with Crippen LogP contribution in [0.25, 0.3) is 0 Å². The van der Waals surface area contributed by atoms with Gasteiger partial charge in [0.25, 0.3) is 0 Å². The molecule has 1 saturated carbocycles. The molecule has 1 aliphatic heterocycles. The Bertz CT molecular complexity index is 135. The SMILES string of the molecule is CC1CC(N2CCCOCC2)C1. The summed E-state index contributed by atoms with van der Waals surface area (Å²) in [4.78, 5) is 2.62. The van der Waals surface area contributed by atoms with Gasteiger partial charge >= 0.3 is 0 Å². The van der Waals surface area contributed by atoms with E-state index in [0.29, 0.717) is 0 Å². The third-order valence-electron chi connectivity index (χ3n) is 3.12. The van der Waals surface area contributed by atoms with Gasteiger partial charge in [0.05, 0.1) is 6.61 Å². The van der Waals surface area contributed by atoms with Gasteiger partial charge in [-0.3, -0.25) is 4.90 Å². The molecule has 0 aromatic rings. The molecule has 2 nitrogen and oxygen atoms in total. The summed E-state index contributed by atoms with van der Waals surface area (Å²) in [7, 11) is 0. The Hall–Kier alpha value is -0.0800. The van der Waals surface area contributed by atoms with Gasteiger partial charge in [0, 0.05) is 25.7 Å². The van der Waals surface area contributed by atoms with Crippen LogP contribution in [-0.4, -0.2) is 37.2 Å². The molecule has 0 amide bonds. The van der Waals surface area contributed by atoms with Crippen molar-refractivity contribution in [2.75, 3.05) is 26.3 Å². The van der Waals surface area contributed by atoms with E-state index >= 15 is 0 Å². The summed E-state index contributed by atoms with van der Waals surface area (Å²) in [6.45, 7) is 6.70. The minimum absolute atomic E-state index is 0.890. The van der Waals surface area contributed by atoms with Crippen molar-refractivity contribution in [2.24, 2.45) is 5.92 Å². The van der Waals surface area contributed by atoms with Crippen molar-refractivity contribution < 1.29 is 4.74 Å². The predicted molar refractivity (Wildman–Crippen MR) is 49.2 cm³/mol. The van der Waals surface area contributed by atoms with Gasteiger partial charge < -0.3 is 4.74 Å². The molecule has 2 heteroatoms. The molecule has 0 aromatic carbocycles. The fourth-order valence-corrected chi connectivity index (χ4v) is 2.29. The normalized spacial score (nSPS) is 38.8. The summed E-state index contributed by atoms with van der Waals surface area (Å²) in [6.07, 6.45) is 4.06. The molecule has 0 unspecified atom stereocenters. The Kier molecular flexibility index (Phi) is 2.66. The second kappa shape index (κ2) is 3.75. The molecule has 1 saturated heterocycles. The van der Waals surface area contributed by atoms with E-state index in [1.54, 1.807) is 0 Å². The first-order chi connectivity index (χ1) is 5.86. The highest BCUT2D eigenvalue weighted by Crippen LogP contribution is 2.31. The van der Waals surface area contributed by atoms with E-state index in [2.05, 4.69) is 11.8 Å². The molecule has 0 N–H and O–H groups in total. The van der Waals surface area contributed by atoms with Gasteiger partial charge in [-0.25, -0.2) is 0 Å². The van der Waals surface area contributed by atoms with E-state index in [9.17, 15) is 0 Å². The monoisotopic (exact) mass is 169 g/mol. The van der Waals surface area contributed by atoms with E-state index in [-0.39, 0.29) is 0 Å². The fraction of sp³-hybridized carbons (Fsp3) is 1.00. The molecule has 70 valence electrons. The van der Waals surface area contributed by atoms with Gasteiger partial charge in [-0.15, -0.1) is 0 Å². The van der Waals surface area contributed by atoms with E-state index in [0.717, 1.165) is 31.7 Å². The van der Waals surface area contributed by atoms with Crippen LogP contribution in [0.15, 0.2) is 0 Å². The second-order valence-corrected chi connectivity index (χ2v) is 4.23. The molecule has 0 spiro atoms. The van der Waals surface area contributed by atoms with Crippen molar-refractivity contribution >= 4 is 0 Å². The summed E-state index contributed by atoms with van der Waals surface area (Å²) in [5.74, 6) is 0.971. The molecule has 12 heavy (non-hydrogen) atoms. The Balaban J connectivity index is 1.78. The largest absolute Gasteiger partial charge is 0.380 e. The van der Waals surface area contributed by atoms with Gasteiger partial charge in [-0.05, 0) is 25.2 Å². The lowest BCUT2D eigenvalue weighted by atomic mass is 9.81. The first-order valence-electron chi connectivity index (χ1n) is 5.18. The van der Waals surface area contributed by atoms with Crippen molar-refractivity contribution in [2.45, 2.75) is 32.2 Å². The van der Waals surface area contributed by atoms with Gasteiger partial charge in [-0.2, -0.15) is 0 Å². The van der Waals surface area contributed by atoms with Crippen molar-refractivity contribution in [1.82, 2.24) is 4.90 Å². The molecule has 2 aliphatic rings. The van der Waals surface area contributed by atoms with Gasteiger partial charge in [0.15, 0.2) is 0 Å². The molecule has 0 bridgehead atoms. The molecule has 1 heterocycles. The van der Waals surface area contributed by atoms with E-state index < -0.39 is 0 Å². The zero-order valence-corrected chi connectivity index (χ0v) is 7.96. The van der Waals surface area contributed by atoms with Crippen LogP contribution < -0.4 is 0 Å². The summed E-state index contributed by atoms with van der Waals surface area (Å²) in [6, 6.07) is 0.890. The average Bonchev–Trinajstić information content (AvgIpc) is 2.26. The molecule has 0 aromatic heterocycles. The van der Waals surface area contributed by atoms with Crippen LogP contribution in [0.3, 0.4) is 0 Å². The zero-order valence-electron chi connectivity index (χ0n) is 7.96. The Morgan fingerprint density at radius 2 is 2.00 bits per heavy atom. The number of hydrogen-bond donors (Lipinski definition) is 0. The lowest BCUT2D eigenvalue weighted by Crippen LogP contribution is -2.44. The summed E-state index contributed by atoms with van der Waals surface area (Å²) in [5, 5.41) is 0. The maximum Gasteiger partial charge on any atom is 0.0593 e. The minimum atomic E-state index is 0.890. The molecular formula is C10H19NO. The summed E-state index contributed by atoms with van der Waals surface area (Å²) < 4.78 is 5.43. The van der Waals surface area contributed by atoms with Crippen LogP contribution in [-0.2, 0) is 4.74 Å². The number of rotatable bonds is 1. The summed E-state index contributed by atoms with van der Waals surface area (Å²) >= 11 is 0. The third-order valence-corrected chi connectivity index (χ3v) is 3.12. The summed E-state index contributed by atoms with van der Waals surface area (Å²) in [5.41, 5.74) is 0. The smallest absolute Gasteiger partial charge is 0.0593 e. The van der Waals surface area contributed by atoms with E-state index in [4.69, 9.17) is 4.74 Å². The van der Waals surface area contributed by atoms with Crippen molar-refractivity contribution in [3.8, 4) is 0 Å². The van der Waals surface area contributed by atoms with Crippen LogP contribution >= 0.6 is 0 Å². The maximum atomic E-state index is 5.43. The Morgan fingerprint density at radius 3 is 2.75 bits per heavy atom. The van der Waals surface area contributed by atoms with E-state index in [1.807, 2.05) is 0 Å². The third kappa shape index (κ3) is 1.80. The zero-order chi connectivity index (χ0) is 8.39. The highest BCUT2D eigenvalue weighted by atomic mass is 16.5. The van der Waals surface area contributed by atoms with Crippen molar-refractivity contribution in [1.29, 1.82) is 0 Å². The average molecular weight is 169 g/mol. The highest BCUT2D eigenvalue weighted by Gasteiger charge is 2.30. The van der Waals surface area contributed by atoms with Crippen LogP contribution in [0.2, 0.25) is 0 Å². The number of ether oxygens (including phenoxy) is 1. The number of hydrogen-bond acceptors (Lipinski definition) is 2. The Morgan fingerprint density at radius 1 is 1.17 bits per heavy atom. The van der Waals surface area contributed by atoms with Crippen molar-refractivity contribution in [3.63, 3.8) is 0 Å². The van der Waals surface area contributed by atoms with Gasteiger partial charge in [-0.1, -0.05) is 6.92 Å². The van der Waals surface area contributed by atoms with Crippen LogP contribution in [0.4, 0.5) is 0 Å². The fourth-order valence-electron chi connectivity index (χ4n) is 2.29. The van der Waals surface area contributed by atoms with Crippen LogP contribution in [0, 0.1) is 5.92 Å². The molecule has 2 fully saturated rings. The molecule has 1 aliphatic carbocycles. The quantitative estimate of drug-likeness (QED) is 0.590. The lowest BCUT2D eigenvalue weighted by Gasteiger charge is -2.41. The number of nitrogens with zero attached hydrogens (tertiary/aromatic N) is 1. The van der Waals surface area contributed by atoms with Gasteiger partial charge in [0.1, 0.15) is 0 Å². The molecule has 0 atom stereocenters. The van der Waals surface area contributed by atoms with E-state index in [1.165, 1.54) is 25.8 Å². The van der Waals surface area contributed by atoms with Crippen LogP contribution in [0.5, 0.6) is 0 Å². The Labute approximate surface area is 74.9 Å². The standard InChI is InChI=1S/C10H19NO/c1-9-7-10(8-9)11-3-2-5-12-6-4-11/h9-10H,2-8H2,1H3. The second-order valence-electron chi connectivity index (χ2n) is 4.23. The minimum Gasteiger partial charge on any atom is -0.380 e. The topological polar surface area (TPSA) is 12.5 Å². The molecule has 2 rings (SSSR count). The maximum absolute atomic E-state index is 5.43. The molecule has 0 radical (unpaired) electrons. The van der Waals surface area contributed by atoms with Crippen LogP contribution in [0.1, 0.15) is 26.2 Å².